The molecule has 3 N–H and O–H groups in total. The summed E-state index contributed by atoms with van der Waals surface area (Å²) < 4.78 is 5.14. The van der Waals surface area contributed by atoms with Crippen molar-refractivity contribution in [1.29, 1.82) is 0 Å². The first-order valence-electron chi connectivity index (χ1n) is 8.20. The quantitative estimate of drug-likeness (QED) is 0.550. The highest BCUT2D eigenvalue weighted by atomic mass is 32.1. The van der Waals surface area contributed by atoms with Crippen LogP contribution in [-0.2, 0) is 0 Å². The minimum absolute atomic E-state index is 0.687. The normalized spacial score (nSPS) is 21.2. The second-order valence-electron chi connectivity index (χ2n) is 6.15. The molecule has 0 spiro atoms. The smallest absolute Gasteiger partial charge is 0.170 e. The van der Waals surface area contributed by atoms with E-state index in [2.05, 4.69) is 17.6 Å². The van der Waals surface area contributed by atoms with Crippen molar-refractivity contribution < 1.29 is 9.64 Å². The fraction of sp³-hybridized carbons (Fsp3) is 0.588. The Labute approximate surface area is 139 Å². The van der Waals surface area contributed by atoms with Crippen LogP contribution in [0.2, 0.25) is 0 Å². The van der Waals surface area contributed by atoms with Crippen molar-refractivity contribution in [1.82, 2.24) is 5.32 Å². The lowest BCUT2D eigenvalue weighted by atomic mass is 9.99. The number of hydrogen-bond acceptors (Lipinski definition) is 2. The first kappa shape index (κ1) is 17.0. The van der Waals surface area contributed by atoms with Crippen molar-refractivity contribution in [3.8, 4) is 5.75 Å². The van der Waals surface area contributed by atoms with Gasteiger partial charge in [-0.2, -0.15) is 0 Å². The number of thiocarbonyl (C=S) groups is 1. The molecule has 4 nitrogen and oxygen atoms in total. The number of nitrogens with one attached hydrogen (secondary N) is 3. The third-order valence-electron chi connectivity index (χ3n) is 4.32. The van der Waals surface area contributed by atoms with Crippen molar-refractivity contribution in [2.75, 3.05) is 38.6 Å². The molecular weight excluding hydrogens is 294 g/mol. The number of quaternary nitrogens is 1. The molecule has 1 fully saturated rings. The maximum Gasteiger partial charge on any atom is 0.170 e. The lowest BCUT2D eigenvalue weighted by Crippen LogP contribution is -3.13. The Bertz CT molecular complexity index is 455. The number of benzene rings is 1. The molecule has 122 valence electrons. The third kappa shape index (κ3) is 5.81. The number of anilines is 1. The van der Waals surface area contributed by atoms with Crippen molar-refractivity contribution >= 4 is 23.0 Å². The summed E-state index contributed by atoms with van der Waals surface area (Å²) in [6.07, 6.45) is 3.91. The molecule has 0 amide bonds. The number of ether oxygens (including phenoxy) is 1. The van der Waals surface area contributed by atoms with Crippen LogP contribution < -0.4 is 20.3 Å². The molecule has 1 heterocycles. The van der Waals surface area contributed by atoms with Gasteiger partial charge in [0.05, 0.1) is 26.7 Å². The zero-order valence-electron chi connectivity index (χ0n) is 13.7. The molecule has 22 heavy (non-hydrogen) atoms. The maximum atomic E-state index is 5.32. The van der Waals surface area contributed by atoms with Crippen LogP contribution in [0.4, 0.5) is 5.69 Å². The summed E-state index contributed by atoms with van der Waals surface area (Å²) in [5.41, 5.74) is 0.981. The van der Waals surface area contributed by atoms with E-state index in [9.17, 15) is 0 Å². The molecule has 2 rings (SSSR count). The summed E-state index contributed by atoms with van der Waals surface area (Å²) in [5, 5.41) is 7.17. The molecule has 1 aromatic rings. The Kier molecular flexibility index (Phi) is 6.93. The highest BCUT2D eigenvalue weighted by molar-refractivity contribution is 7.80. The summed E-state index contributed by atoms with van der Waals surface area (Å²) in [5.74, 6) is 1.77. The van der Waals surface area contributed by atoms with Gasteiger partial charge in [-0.1, -0.05) is 6.92 Å². The molecule has 0 unspecified atom stereocenters. The highest BCUT2D eigenvalue weighted by Crippen LogP contribution is 2.14. The first-order chi connectivity index (χ1) is 10.7. The first-order valence-corrected chi connectivity index (χ1v) is 8.60. The van der Waals surface area contributed by atoms with E-state index in [0.717, 1.165) is 30.3 Å². The lowest BCUT2D eigenvalue weighted by Gasteiger charge is -2.27. The zero-order chi connectivity index (χ0) is 15.8. The SMILES string of the molecule is COc1ccc(NC(=S)NCCC[NH+]2CCC(C)CC2)cc1. The predicted molar refractivity (Wildman–Crippen MR) is 95.8 cm³/mol. The van der Waals surface area contributed by atoms with E-state index in [-0.39, 0.29) is 0 Å². The van der Waals surface area contributed by atoms with E-state index in [0.29, 0.717) is 5.11 Å². The van der Waals surface area contributed by atoms with Crippen LogP contribution >= 0.6 is 12.2 Å². The van der Waals surface area contributed by atoms with Gasteiger partial charge < -0.3 is 20.3 Å². The van der Waals surface area contributed by atoms with Crippen LogP contribution in [0.1, 0.15) is 26.2 Å². The summed E-state index contributed by atoms with van der Waals surface area (Å²) >= 11 is 5.32. The summed E-state index contributed by atoms with van der Waals surface area (Å²) in [7, 11) is 1.67. The molecular formula is C17H28N3OS+. The number of piperidine rings is 1. The van der Waals surface area contributed by atoms with Crippen LogP contribution in [0.5, 0.6) is 5.75 Å². The fourth-order valence-corrected chi connectivity index (χ4v) is 3.03. The Morgan fingerprint density at radius 3 is 2.59 bits per heavy atom. The van der Waals surface area contributed by atoms with Gasteiger partial charge in [0.15, 0.2) is 5.11 Å². The minimum Gasteiger partial charge on any atom is -0.497 e. The molecule has 0 radical (unpaired) electrons. The molecule has 1 saturated heterocycles. The Balaban J connectivity index is 1.59. The number of likely N-dealkylation sites (tertiary alicyclic amines) is 1. The molecule has 0 saturated carbocycles. The van der Waals surface area contributed by atoms with Crippen molar-refractivity contribution in [2.45, 2.75) is 26.2 Å². The number of hydrogen-bond donors (Lipinski definition) is 3. The maximum absolute atomic E-state index is 5.32. The van der Waals surface area contributed by atoms with Crippen LogP contribution in [0.25, 0.3) is 0 Å². The molecule has 0 bridgehead atoms. The van der Waals surface area contributed by atoms with Crippen LogP contribution in [0.15, 0.2) is 24.3 Å². The summed E-state index contributed by atoms with van der Waals surface area (Å²) in [4.78, 5) is 1.74. The second kappa shape index (κ2) is 8.96. The number of methoxy groups -OCH3 is 1. The van der Waals surface area contributed by atoms with Gasteiger partial charge in [0.2, 0.25) is 0 Å². The van der Waals surface area contributed by atoms with E-state index in [1.807, 2.05) is 24.3 Å². The molecule has 1 aliphatic heterocycles. The average molecular weight is 322 g/mol. The van der Waals surface area contributed by atoms with Gasteiger partial charge in [0.25, 0.3) is 0 Å². The van der Waals surface area contributed by atoms with E-state index in [1.54, 1.807) is 12.0 Å². The van der Waals surface area contributed by atoms with Gasteiger partial charge in [-0.3, -0.25) is 0 Å². The van der Waals surface area contributed by atoms with Gasteiger partial charge in [0.1, 0.15) is 5.75 Å². The summed E-state index contributed by atoms with van der Waals surface area (Å²) in [6, 6.07) is 7.77. The van der Waals surface area contributed by atoms with Crippen LogP contribution in [0, 0.1) is 5.92 Å². The van der Waals surface area contributed by atoms with Gasteiger partial charge in [0, 0.05) is 18.7 Å². The second-order valence-corrected chi connectivity index (χ2v) is 6.55. The Morgan fingerprint density at radius 1 is 1.27 bits per heavy atom. The molecule has 1 aliphatic rings. The van der Waals surface area contributed by atoms with E-state index in [4.69, 9.17) is 17.0 Å². The minimum atomic E-state index is 0.687. The van der Waals surface area contributed by atoms with Gasteiger partial charge >= 0.3 is 0 Å². The molecule has 0 aliphatic carbocycles. The van der Waals surface area contributed by atoms with Crippen LogP contribution in [-0.4, -0.2) is 38.4 Å². The average Bonchev–Trinajstić information content (AvgIpc) is 2.54. The zero-order valence-corrected chi connectivity index (χ0v) is 14.5. The molecule has 0 atom stereocenters. The van der Waals surface area contributed by atoms with E-state index in [1.165, 1.54) is 32.5 Å². The van der Waals surface area contributed by atoms with Crippen molar-refractivity contribution in [2.24, 2.45) is 5.92 Å². The van der Waals surface area contributed by atoms with E-state index < -0.39 is 0 Å². The van der Waals surface area contributed by atoms with Crippen molar-refractivity contribution in [3.05, 3.63) is 24.3 Å². The Hall–Kier alpha value is -1.33. The van der Waals surface area contributed by atoms with Crippen LogP contribution in [0.3, 0.4) is 0 Å². The largest absolute Gasteiger partial charge is 0.497 e. The standard InChI is InChI=1S/C17H27N3OS/c1-14-8-12-20(13-9-14)11-3-10-18-17(22)19-15-4-6-16(21-2)7-5-15/h4-7,14H,3,8-13H2,1-2H3,(H2,18,19,22)/p+1. The lowest BCUT2D eigenvalue weighted by molar-refractivity contribution is -0.906. The van der Waals surface area contributed by atoms with Gasteiger partial charge in [-0.25, -0.2) is 0 Å². The fourth-order valence-electron chi connectivity index (χ4n) is 2.81. The molecule has 0 aromatic heterocycles. The topological polar surface area (TPSA) is 37.7 Å². The molecule has 1 aromatic carbocycles. The van der Waals surface area contributed by atoms with Gasteiger partial charge in [-0.15, -0.1) is 0 Å². The number of rotatable bonds is 6. The predicted octanol–water partition coefficient (Wildman–Crippen LogP) is 1.69. The highest BCUT2D eigenvalue weighted by Gasteiger charge is 2.17. The summed E-state index contributed by atoms with van der Waals surface area (Å²) in [6.45, 7) is 7.19. The third-order valence-corrected chi connectivity index (χ3v) is 4.57. The van der Waals surface area contributed by atoms with Gasteiger partial charge in [-0.05, 0) is 55.2 Å². The Morgan fingerprint density at radius 2 is 1.95 bits per heavy atom. The van der Waals surface area contributed by atoms with E-state index >= 15 is 0 Å². The molecule has 5 heteroatoms. The monoisotopic (exact) mass is 322 g/mol. The van der Waals surface area contributed by atoms with Crippen molar-refractivity contribution in [3.63, 3.8) is 0 Å².